The van der Waals surface area contributed by atoms with Crippen molar-refractivity contribution in [2.24, 2.45) is 0 Å². The van der Waals surface area contributed by atoms with Crippen LogP contribution in [-0.4, -0.2) is 68.5 Å². The van der Waals surface area contributed by atoms with Gasteiger partial charge in [-0.3, -0.25) is 9.36 Å². The van der Waals surface area contributed by atoms with Gasteiger partial charge < -0.3 is 28.8 Å². The highest BCUT2D eigenvalue weighted by atomic mass is 31.2. The number of carbonyl (C=O) groups is 1. The number of unbranched alkanes of at least 4 members (excludes halogenated alkanes) is 24. The first-order valence-electron chi connectivity index (χ1n) is 20.4. The number of rotatable bonds is 37. The van der Waals surface area contributed by atoms with Gasteiger partial charge in [0.15, 0.2) is 0 Å². The standard InChI is InChI=1S/C39H81N2O6P/c1-6-8-10-12-13-14-15-16-17-18-19-20-21-22-23-24-25-26-27-29-30-32-38(42)37(40-39(43)33-31-28-11-9-7-2)36-47-48(44,45)46-35-34-41(3,4)5/h37-38,42H,6-36H2,1-5H3,(H-,40,43,44,45). The zero-order chi connectivity index (χ0) is 35.8. The van der Waals surface area contributed by atoms with Gasteiger partial charge in [-0.05, 0) is 12.8 Å². The molecule has 0 spiro atoms. The van der Waals surface area contributed by atoms with Crippen LogP contribution in [0, 0.1) is 0 Å². The molecule has 0 aliphatic rings. The Kier molecular flexibility index (Phi) is 32.1. The van der Waals surface area contributed by atoms with Crippen LogP contribution < -0.4 is 10.2 Å². The van der Waals surface area contributed by atoms with Gasteiger partial charge >= 0.3 is 0 Å². The Hall–Kier alpha value is -0.500. The molecule has 0 aliphatic heterocycles. The van der Waals surface area contributed by atoms with Crippen molar-refractivity contribution in [3.8, 4) is 0 Å². The lowest BCUT2D eigenvalue weighted by Gasteiger charge is -2.30. The summed E-state index contributed by atoms with van der Waals surface area (Å²) in [5, 5.41) is 13.7. The minimum atomic E-state index is -4.54. The molecule has 0 aliphatic carbocycles. The first-order valence-corrected chi connectivity index (χ1v) is 21.8. The number of nitrogens with one attached hydrogen (secondary N) is 1. The molecule has 3 unspecified atom stereocenters. The molecule has 8 nitrogen and oxygen atoms in total. The number of likely N-dealkylation sites (N-methyl/N-ethyl adjacent to an activating group) is 1. The van der Waals surface area contributed by atoms with Crippen LogP contribution in [0.3, 0.4) is 0 Å². The monoisotopic (exact) mass is 705 g/mol. The average molecular weight is 705 g/mol. The molecule has 0 radical (unpaired) electrons. The second kappa shape index (κ2) is 32.4. The molecular formula is C39H81N2O6P. The normalized spacial score (nSPS) is 14.6. The first kappa shape index (κ1) is 47.5. The predicted molar refractivity (Wildman–Crippen MR) is 201 cm³/mol. The molecular weight excluding hydrogens is 623 g/mol. The summed E-state index contributed by atoms with van der Waals surface area (Å²) in [7, 11) is 1.31. The Balaban J connectivity index is 4.10. The number of quaternary nitrogens is 1. The number of aliphatic hydroxyl groups is 1. The van der Waals surface area contributed by atoms with Crippen LogP contribution in [0.15, 0.2) is 0 Å². The van der Waals surface area contributed by atoms with E-state index in [0.717, 1.165) is 51.4 Å². The number of hydrogen-bond donors (Lipinski definition) is 2. The summed E-state index contributed by atoms with van der Waals surface area (Å²) in [6.07, 6.45) is 32.9. The number of phosphoric ester groups is 1. The van der Waals surface area contributed by atoms with Crippen LogP contribution in [0.4, 0.5) is 0 Å². The van der Waals surface area contributed by atoms with E-state index in [1.165, 1.54) is 116 Å². The SMILES string of the molecule is CCCCCCCCCCCCCCCCCCCCCCCC(O)C(COP(=O)([O-])OCC[N+](C)(C)C)NC(=O)CCCCCCC. The maximum Gasteiger partial charge on any atom is 0.268 e. The summed E-state index contributed by atoms with van der Waals surface area (Å²) >= 11 is 0. The van der Waals surface area contributed by atoms with Gasteiger partial charge in [0.1, 0.15) is 13.2 Å². The van der Waals surface area contributed by atoms with Crippen molar-refractivity contribution in [2.75, 3.05) is 40.9 Å². The molecule has 0 aromatic rings. The second-order valence-electron chi connectivity index (χ2n) is 15.4. The van der Waals surface area contributed by atoms with Crippen LogP contribution in [0.1, 0.15) is 194 Å². The zero-order valence-corrected chi connectivity index (χ0v) is 33.4. The fourth-order valence-corrected chi connectivity index (χ4v) is 6.76. The quantitative estimate of drug-likeness (QED) is 0.0379. The molecule has 3 atom stereocenters. The Morgan fingerprint density at radius 2 is 1.02 bits per heavy atom. The van der Waals surface area contributed by atoms with Crippen LogP contribution in [-0.2, 0) is 18.4 Å². The van der Waals surface area contributed by atoms with E-state index in [1.807, 2.05) is 21.1 Å². The third kappa shape index (κ3) is 34.0. The Morgan fingerprint density at radius 3 is 1.42 bits per heavy atom. The lowest BCUT2D eigenvalue weighted by atomic mass is 10.0. The molecule has 288 valence electrons. The van der Waals surface area contributed by atoms with E-state index < -0.39 is 20.0 Å². The number of nitrogens with zero attached hydrogens (tertiary/aromatic N) is 1. The van der Waals surface area contributed by atoms with E-state index in [4.69, 9.17) is 9.05 Å². The summed E-state index contributed by atoms with van der Waals surface area (Å²) in [6, 6.07) is -0.789. The summed E-state index contributed by atoms with van der Waals surface area (Å²) in [5.41, 5.74) is 0. The van der Waals surface area contributed by atoms with E-state index >= 15 is 0 Å². The maximum atomic E-state index is 12.6. The van der Waals surface area contributed by atoms with Gasteiger partial charge in [-0.2, -0.15) is 0 Å². The first-order chi connectivity index (χ1) is 23.0. The van der Waals surface area contributed by atoms with Crippen molar-refractivity contribution < 1.29 is 32.9 Å². The summed E-state index contributed by atoms with van der Waals surface area (Å²) in [4.78, 5) is 24.9. The van der Waals surface area contributed by atoms with Crippen molar-refractivity contribution in [1.29, 1.82) is 0 Å². The molecule has 0 saturated heterocycles. The summed E-state index contributed by atoms with van der Waals surface area (Å²) in [5.74, 6) is -0.176. The minimum Gasteiger partial charge on any atom is -0.756 e. The molecule has 0 saturated carbocycles. The van der Waals surface area contributed by atoms with Crippen molar-refractivity contribution in [1.82, 2.24) is 5.32 Å². The van der Waals surface area contributed by atoms with Crippen LogP contribution in [0.2, 0.25) is 0 Å². The topological polar surface area (TPSA) is 108 Å². The lowest BCUT2D eigenvalue weighted by molar-refractivity contribution is -0.870. The van der Waals surface area contributed by atoms with Gasteiger partial charge in [-0.15, -0.1) is 0 Å². The van der Waals surface area contributed by atoms with Gasteiger partial charge in [0.05, 0.1) is 39.9 Å². The van der Waals surface area contributed by atoms with E-state index in [0.29, 0.717) is 23.9 Å². The number of aliphatic hydroxyl groups excluding tert-OH is 1. The third-order valence-electron chi connectivity index (χ3n) is 9.35. The van der Waals surface area contributed by atoms with E-state index in [2.05, 4.69) is 19.2 Å². The smallest absolute Gasteiger partial charge is 0.268 e. The molecule has 0 aromatic carbocycles. The maximum absolute atomic E-state index is 12.6. The van der Waals surface area contributed by atoms with E-state index in [9.17, 15) is 19.4 Å². The van der Waals surface area contributed by atoms with Crippen molar-refractivity contribution >= 4 is 13.7 Å². The molecule has 0 bridgehead atoms. The number of amides is 1. The highest BCUT2D eigenvalue weighted by Gasteiger charge is 2.24. The van der Waals surface area contributed by atoms with E-state index in [-0.39, 0.29) is 19.1 Å². The molecule has 0 aromatic heterocycles. The van der Waals surface area contributed by atoms with Gasteiger partial charge in [0.2, 0.25) is 5.91 Å². The fraction of sp³-hybridized carbons (Fsp3) is 0.974. The molecule has 0 heterocycles. The lowest BCUT2D eigenvalue weighted by Crippen LogP contribution is -2.46. The molecule has 0 rings (SSSR count). The number of hydrogen-bond acceptors (Lipinski definition) is 6. The van der Waals surface area contributed by atoms with Gasteiger partial charge in [-0.1, -0.05) is 174 Å². The highest BCUT2D eigenvalue weighted by molar-refractivity contribution is 7.45. The molecule has 9 heteroatoms. The number of carbonyl (C=O) groups excluding carboxylic acids is 1. The second-order valence-corrected chi connectivity index (χ2v) is 16.8. The van der Waals surface area contributed by atoms with Crippen LogP contribution >= 0.6 is 7.82 Å². The fourth-order valence-electron chi connectivity index (χ4n) is 6.04. The van der Waals surface area contributed by atoms with Gasteiger partial charge in [-0.25, -0.2) is 0 Å². The van der Waals surface area contributed by atoms with Crippen LogP contribution in [0.5, 0.6) is 0 Å². The molecule has 2 N–H and O–H groups in total. The van der Waals surface area contributed by atoms with Crippen molar-refractivity contribution in [2.45, 2.75) is 206 Å². The third-order valence-corrected chi connectivity index (χ3v) is 10.3. The van der Waals surface area contributed by atoms with Gasteiger partial charge in [0, 0.05) is 6.42 Å². The zero-order valence-electron chi connectivity index (χ0n) is 32.5. The number of phosphoric acid groups is 1. The molecule has 48 heavy (non-hydrogen) atoms. The van der Waals surface area contributed by atoms with Crippen LogP contribution in [0.25, 0.3) is 0 Å². The van der Waals surface area contributed by atoms with Crippen molar-refractivity contribution in [3.05, 3.63) is 0 Å². The highest BCUT2D eigenvalue weighted by Crippen LogP contribution is 2.38. The predicted octanol–water partition coefficient (Wildman–Crippen LogP) is 10.0. The molecule has 1 amide bonds. The minimum absolute atomic E-state index is 0.0149. The summed E-state index contributed by atoms with van der Waals surface area (Å²) < 4.78 is 23.1. The Morgan fingerprint density at radius 1 is 0.646 bits per heavy atom. The molecule has 0 fully saturated rings. The largest absolute Gasteiger partial charge is 0.756 e. The van der Waals surface area contributed by atoms with Crippen molar-refractivity contribution in [3.63, 3.8) is 0 Å². The average Bonchev–Trinajstić information content (AvgIpc) is 3.02. The Bertz CT molecular complexity index is 763. The van der Waals surface area contributed by atoms with E-state index in [1.54, 1.807) is 0 Å². The van der Waals surface area contributed by atoms with Gasteiger partial charge in [0.25, 0.3) is 7.82 Å². The Labute approximate surface area is 298 Å². The summed E-state index contributed by atoms with van der Waals surface area (Å²) in [6.45, 7) is 4.63.